The number of nitrogens with zero attached hydrogens (tertiary/aromatic N) is 1. The molecule has 3 aliphatic rings. The molecule has 0 aromatic heterocycles. The Hall–Kier alpha value is -1.88. The van der Waals surface area contributed by atoms with Crippen molar-refractivity contribution in [3.63, 3.8) is 0 Å². The molecule has 1 saturated heterocycles. The molecule has 5 heteroatoms. The molecule has 1 saturated carbocycles. The fourth-order valence-corrected chi connectivity index (χ4v) is 4.55. The molecule has 1 aromatic carbocycles. The number of hydrogen-bond acceptors (Lipinski definition) is 3. The second-order valence-corrected chi connectivity index (χ2v) is 7.85. The van der Waals surface area contributed by atoms with Crippen molar-refractivity contribution in [2.24, 2.45) is 11.3 Å². The third kappa shape index (κ3) is 2.71. The smallest absolute Gasteiger partial charge is 0.274 e. The van der Waals surface area contributed by atoms with Crippen LogP contribution in [0.3, 0.4) is 0 Å². The van der Waals surface area contributed by atoms with Crippen LogP contribution in [-0.2, 0) is 17.6 Å². The van der Waals surface area contributed by atoms with E-state index in [0.29, 0.717) is 17.9 Å². The van der Waals surface area contributed by atoms with E-state index >= 15 is 0 Å². The maximum Gasteiger partial charge on any atom is 0.274 e. The highest BCUT2D eigenvalue weighted by atomic mass is 16.5. The summed E-state index contributed by atoms with van der Waals surface area (Å²) in [6, 6.07) is 5.61. The van der Waals surface area contributed by atoms with Crippen LogP contribution in [0.1, 0.15) is 53.6 Å². The quantitative estimate of drug-likeness (QED) is 0.661. The largest absolute Gasteiger partial charge is 0.342 e. The van der Waals surface area contributed by atoms with Crippen molar-refractivity contribution in [2.45, 2.75) is 44.9 Å². The van der Waals surface area contributed by atoms with Gasteiger partial charge in [0.2, 0.25) is 5.91 Å². The first-order chi connectivity index (χ1) is 11.6. The minimum Gasteiger partial charge on any atom is -0.342 e. The number of likely N-dealkylation sites (tertiary alicyclic amines) is 1. The van der Waals surface area contributed by atoms with E-state index in [4.69, 9.17) is 5.21 Å². The van der Waals surface area contributed by atoms with Gasteiger partial charge in [0, 0.05) is 30.5 Å². The molecule has 1 heterocycles. The normalized spacial score (nSPS) is 26.4. The van der Waals surface area contributed by atoms with Crippen LogP contribution in [0.15, 0.2) is 18.2 Å². The van der Waals surface area contributed by atoms with Gasteiger partial charge in [-0.2, -0.15) is 0 Å². The van der Waals surface area contributed by atoms with Crippen LogP contribution in [0.25, 0.3) is 0 Å². The number of aryl methyl sites for hydroxylation is 1. The highest BCUT2D eigenvalue weighted by Gasteiger charge is 2.45. The lowest BCUT2D eigenvalue weighted by atomic mass is 9.70. The molecule has 2 N–H and O–H groups in total. The van der Waals surface area contributed by atoms with Crippen LogP contribution in [0.2, 0.25) is 0 Å². The minimum absolute atomic E-state index is 0.0780. The van der Waals surface area contributed by atoms with Crippen molar-refractivity contribution in [3.8, 4) is 0 Å². The molecule has 4 rings (SSSR count). The molecule has 5 nitrogen and oxygen atoms in total. The number of nitrogens with one attached hydrogen (secondary N) is 1. The Morgan fingerprint density at radius 3 is 2.83 bits per heavy atom. The maximum absolute atomic E-state index is 12.5. The first-order valence-electron chi connectivity index (χ1n) is 8.93. The van der Waals surface area contributed by atoms with E-state index in [0.717, 1.165) is 38.3 Å². The predicted molar refractivity (Wildman–Crippen MR) is 88.7 cm³/mol. The standard InChI is InChI=1S/C19H24N2O3/c22-17-10-19(12-21(17)11-13-2-1-3-13)7-6-14-8-15(18(23)20-24)4-5-16(14)9-19/h4-5,8,13,24H,1-3,6-7,9-12H2,(H,20,23). The number of hydrogen-bond donors (Lipinski definition) is 2. The van der Waals surface area contributed by atoms with E-state index in [9.17, 15) is 9.59 Å². The number of rotatable bonds is 3. The molecule has 2 fully saturated rings. The summed E-state index contributed by atoms with van der Waals surface area (Å²) in [5, 5.41) is 8.77. The number of hydroxylamine groups is 1. The molecule has 1 aromatic rings. The minimum atomic E-state index is -0.471. The summed E-state index contributed by atoms with van der Waals surface area (Å²) >= 11 is 0. The van der Waals surface area contributed by atoms with Crippen molar-refractivity contribution < 1.29 is 14.8 Å². The van der Waals surface area contributed by atoms with Crippen LogP contribution >= 0.6 is 0 Å². The number of benzene rings is 1. The lowest BCUT2D eigenvalue weighted by Gasteiger charge is -2.35. The Labute approximate surface area is 142 Å². The van der Waals surface area contributed by atoms with Crippen LogP contribution in [0.5, 0.6) is 0 Å². The molecule has 1 atom stereocenters. The van der Waals surface area contributed by atoms with Crippen LogP contribution in [0.4, 0.5) is 0 Å². The molecule has 128 valence electrons. The summed E-state index contributed by atoms with van der Waals surface area (Å²) in [6.07, 6.45) is 7.33. The third-order valence-electron chi connectivity index (χ3n) is 6.17. The molecular formula is C19H24N2O3. The predicted octanol–water partition coefficient (Wildman–Crippen LogP) is 2.31. The monoisotopic (exact) mass is 328 g/mol. The van der Waals surface area contributed by atoms with Crippen molar-refractivity contribution in [3.05, 3.63) is 34.9 Å². The summed E-state index contributed by atoms with van der Waals surface area (Å²) in [5.41, 5.74) is 4.67. The molecule has 1 aliphatic heterocycles. The Bertz CT molecular complexity index is 683. The average Bonchev–Trinajstić information content (AvgIpc) is 2.85. The molecule has 0 radical (unpaired) electrons. The number of fused-ring (bicyclic) bond motifs is 1. The fourth-order valence-electron chi connectivity index (χ4n) is 4.55. The summed E-state index contributed by atoms with van der Waals surface area (Å²) in [6.45, 7) is 1.84. The molecule has 1 spiro atoms. The second kappa shape index (κ2) is 5.88. The van der Waals surface area contributed by atoms with Crippen LogP contribution in [-0.4, -0.2) is 35.0 Å². The molecule has 2 aliphatic carbocycles. The Kier molecular flexibility index (Phi) is 3.83. The van der Waals surface area contributed by atoms with Gasteiger partial charge in [0.1, 0.15) is 0 Å². The molecule has 24 heavy (non-hydrogen) atoms. The first-order valence-corrected chi connectivity index (χ1v) is 8.93. The number of carbonyl (C=O) groups excluding carboxylic acids is 2. The molecule has 2 amide bonds. The topological polar surface area (TPSA) is 69.6 Å². The SMILES string of the molecule is O=C(NO)c1ccc2c(c1)CCC1(CC(=O)N(CC3CCC3)C1)C2. The third-order valence-corrected chi connectivity index (χ3v) is 6.17. The van der Waals surface area contributed by atoms with Crippen molar-refractivity contribution >= 4 is 11.8 Å². The van der Waals surface area contributed by atoms with Gasteiger partial charge in [-0.3, -0.25) is 14.8 Å². The first kappa shape index (κ1) is 15.6. The van der Waals surface area contributed by atoms with Crippen LogP contribution < -0.4 is 5.48 Å². The van der Waals surface area contributed by atoms with Gasteiger partial charge in [0.05, 0.1) is 0 Å². The van der Waals surface area contributed by atoms with Gasteiger partial charge in [-0.15, -0.1) is 0 Å². The Morgan fingerprint density at radius 1 is 1.29 bits per heavy atom. The zero-order chi connectivity index (χ0) is 16.7. The zero-order valence-electron chi connectivity index (χ0n) is 13.9. The van der Waals surface area contributed by atoms with E-state index in [1.807, 2.05) is 12.1 Å². The van der Waals surface area contributed by atoms with E-state index in [1.165, 1.54) is 30.4 Å². The van der Waals surface area contributed by atoms with Crippen molar-refractivity contribution in [1.82, 2.24) is 10.4 Å². The Balaban J connectivity index is 1.49. The van der Waals surface area contributed by atoms with Gasteiger partial charge in [0.25, 0.3) is 5.91 Å². The van der Waals surface area contributed by atoms with E-state index < -0.39 is 5.91 Å². The van der Waals surface area contributed by atoms with Gasteiger partial charge in [-0.25, -0.2) is 5.48 Å². The summed E-state index contributed by atoms with van der Waals surface area (Å²) < 4.78 is 0. The van der Waals surface area contributed by atoms with Crippen LogP contribution in [0, 0.1) is 11.3 Å². The lowest BCUT2D eigenvalue weighted by molar-refractivity contribution is -0.128. The Morgan fingerprint density at radius 2 is 2.12 bits per heavy atom. The van der Waals surface area contributed by atoms with Gasteiger partial charge in [-0.1, -0.05) is 12.5 Å². The summed E-state index contributed by atoms with van der Waals surface area (Å²) in [7, 11) is 0. The summed E-state index contributed by atoms with van der Waals surface area (Å²) in [4.78, 5) is 26.1. The highest BCUT2D eigenvalue weighted by Crippen LogP contribution is 2.44. The second-order valence-electron chi connectivity index (χ2n) is 7.85. The summed E-state index contributed by atoms with van der Waals surface area (Å²) in [5.74, 6) is 0.571. The van der Waals surface area contributed by atoms with E-state index in [-0.39, 0.29) is 5.41 Å². The lowest BCUT2D eigenvalue weighted by Crippen LogP contribution is -2.37. The molecule has 1 unspecified atom stereocenters. The molecule has 0 bridgehead atoms. The van der Waals surface area contributed by atoms with Crippen molar-refractivity contribution in [2.75, 3.05) is 13.1 Å². The van der Waals surface area contributed by atoms with E-state index in [1.54, 1.807) is 11.5 Å². The average molecular weight is 328 g/mol. The van der Waals surface area contributed by atoms with E-state index in [2.05, 4.69) is 4.90 Å². The fraction of sp³-hybridized carbons (Fsp3) is 0.579. The van der Waals surface area contributed by atoms with Gasteiger partial charge in [-0.05, 0) is 61.3 Å². The maximum atomic E-state index is 12.5. The van der Waals surface area contributed by atoms with Crippen molar-refractivity contribution in [1.29, 1.82) is 0 Å². The van der Waals surface area contributed by atoms with Gasteiger partial charge >= 0.3 is 0 Å². The zero-order valence-corrected chi connectivity index (χ0v) is 13.9. The van der Waals surface area contributed by atoms with Gasteiger partial charge in [0.15, 0.2) is 0 Å². The number of carbonyl (C=O) groups is 2. The number of amides is 2. The van der Waals surface area contributed by atoms with Gasteiger partial charge < -0.3 is 4.90 Å². The molecular weight excluding hydrogens is 304 g/mol. The highest BCUT2D eigenvalue weighted by molar-refractivity contribution is 5.93.